The number of ether oxygens (including phenoxy) is 5. The lowest BCUT2D eigenvalue weighted by Gasteiger charge is -2.38. The summed E-state index contributed by atoms with van der Waals surface area (Å²) in [6.07, 6.45) is -20.4. The van der Waals surface area contributed by atoms with Gasteiger partial charge in [-0.15, -0.1) is 0 Å². The Balaban J connectivity index is 1.61. The fourth-order valence-electron chi connectivity index (χ4n) is 4.94. The highest BCUT2D eigenvalue weighted by molar-refractivity contribution is 5.82. The first kappa shape index (κ1) is 33.7. The topological polar surface area (TPSA) is 289 Å². The maximum absolute atomic E-state index is 13.7. The Morgan fingerprint density at radius 3 is 1.81 bits per heavy atom. The van der Waals surface area contributed by atoms with E-state index in [0.29, 0.717) is 0 Å². The number of carboxylic acid groups (broad SMARTS) is 2. The zero-order valence-electron chi connectivity index (χ0n) is 24.0. The zero-order valence-corrected chi connectivity index (χ0v) is 24.0. The summed E-state index contributed by atoms with van der Waals surface area (Å²) < 4.78 is 32.7. The second-order valence-electron chi connectivity index (χ2n) is 10.5. The number of fused-ring (bicyclic) bond motifs is 1. The van der Waals surface area contributed by atoms with Crippen molar-refractivity contribution in [1.82, 2.24) is 0 Å². The summed E-state index contributed by atoms with van der Waals surface area (Å²) in [5, 5.41) is 80.3. The van der Waals surface area contributed by atoms with E-state index in [-0.39, 0.29) is 22.3 Å². The van der Waals surface area contributed by atoms with Crippen molar-refractivity contribution in [3.05, 3.63) is 52.7 Å². The van der Waals surface area contributed by atoms with Gasteiger partial charge in [0.2, 0.25) is 23.8 Å². The normalized spacial score (nSPS) is 30.8. The van der Waals surface area contributed by atoms with E-state index in [4.69, 9.17) is 28.1 Å². The summed E-state index contributed by atoms with van der Waals surface area (Å²) in [7, 11) is 0. The molecular weight excluding hydrogens is 636 g/mol. The molecule has 2 aliphatic rings. The van der Waals surface area contributed by atoms with Crippen molar-refractivity contribution >= 4 is 28.9 Å². The molecule has 0 aliphatic carbocycles. The third-order valence-electron chi connectivity index (χ3n) is 7.32. The molecule has 18 heteroatoms. The number of carbonyl (C=O) groups excluding carboxylic acids is 1. The van der Waals surface area contributed by atoms with E-state index in [1.54, 1.807) is 0 Å². The number of hydrogen-bond donors (Lipinski definition) is 8. The minimum atomic E-state index is -2.07. The average Bonchev–Trinajstić information content (AvgIpc) is 3.02. The second kappa shape index (κ2) is 13.2. The van der Waals surface area contributed by atoms with Crippen LogP contribution in [0, 0.1) is 0 Å². The molecule has 0 bridgehead atoms. The van der Waals surface area contributed by atoms with E-state index in [9.17, 15) is 60.0 Å². The Hall–Kier alpha value is -4.66. The number of carboxylic acids is 2. The van der Waals surface area contributed by atoms with Crippen LogP contribution in [-0.2, 0) is 23.9 Å². The van der Waals surface area contributed by atoms with Crippen molar-refractivity contribution in [1.29, 1.82) is 0 Å². The average molecular weight is 665 g/mol. The minimum Gasteiger partial charge on any atom is -0.479 e. The third kappa shape index (κ3) is 6.48. The van der Waals surface area contributed by atoms with Crippen LogP contribution in [0.15, 0.2) is 51.7 Å². The van der Waals surface area contributed by atoms with E-state index in [2.05, 4.69) is 0 Å². The number of aliphatic carboxylic acids is 2. The summed E-state index contributed by atoms with van der Waals surface area (Å²) in [6, 6.07) is 9.31. The van der Waals surface area contributed by atoms with Crippen LogP contribution < -0.4 is 19.6 Å². The van der Waals surface area contributed by atoms with Crippen LogP contribution in [0.25, 0.3) is 22.3 Å². The number of esters is 1. The van der Waals surface area contributed by atoms with E-state index in [0.717, 1.165) is 19.1 Å². The maximum atomic E-state index is 13.7. The number of aliphatic hydroxyl groups excluding tert-OH is 6. The first-order chi connectivity index (χ1) is 22.2. The SMILES string of the molecule is CC(=O)Oc1ccc(-c2oc3ccccc3c(=O)c2O[C@H]2O[C@@H](C(=O)O)[C@H](O)[C@@H](O)[C@@H]2O)cc1O[C@H]1O[C@@H](C(=O)O)[C@H](O)[C@@H](O)[C@@H]1O. The van der Waals surface area contributed by atoms with Crippen LogP contribution in [0.4, 0.5) is 0 Å². The molecule has 10 atom stereocenters. The summed E-state index contributed by atoms with van der Waals surface area (Å²) in [5.41, 5.74) is -0.929. The van der Waals surface area contributed by atoms with Gasteiger partial charge < -0.3 is 69.0 Å². The molecule has 1 aromatic heterocycles. The fraction of sp³-hybridized carbons (Fsp3) is 0.379. The van der Waals surface area contributed by atoms with E-state index >= 15 is 0 Å². The molecule has 18 nitrogen and oxygen atoms in total. The lowest BCUT2D eigenvalue weighted by atomic mass is 9.99. The molecule has 252 valence electrons. The molecular formula is C29H28O18. The summed E-state index contributed by atoms with van der Waals surface area (Å²) >= 11 is 0. The Labute approximate surface area is 262 Å². The van der Waals surface area contributed by atoms with E-state index < -0.39 is 102 Å². The quantitative estimate of drug-likeness (QED) is 0.0947. The minimum absolute atomic E-state index is 0.0165. The molecule has 2 fully saturated rings. The first-order valence-electron chi connectivity index (χ1n) is 13.8. The molecule has 0 spiro atoms. The Morgan fingerprint density at radius 2 is 1.26 bits per heavy atom. The number of benzene rings is 2. The smallest absolute Gasteiger partial charge is 0.335 e. The molecule has 5 rings (SSSR count). The van der Waals surface area contributed by atoms with Gasteiger partial charge >= 0.3 is 17.9 Å². The standard InChI is InChI=1S/C29H28O18/c1-9(30)42-13-7-6-10(8-14(13)44-28-20(36)16(32)18(34)24(46-28)26(38)39)22-23(15(31)11-4-2-3-5-12(11)43-22)45-29-21(37)17(33)19(35)25(47-29)27(40)41/h2-8,16-21,24-25,28-29,32-37H,1H3,(H,38,39)(H,40,41)/t16-,17-,18-,19-,20+,21+,24-,25-,28+,29+/m1/s1. The zero-order chi connectivity index (χ0) is 34.3. The van der Waals surface area contributed by atoms with Gasteiger partial charge in [0.05, 0.1) is 5.39 Å². The van der Waals surface area contributed by atoms with Crippen LogP contribution in [-0.4, -0.2) is 120 Å². The molecule has 2 saturated heterocycles. The highest BCUT2D eigenvalue weighted by atomic mass is 16.7. The fourth-order valence-corrected chi connectivity index (χ4v) is 4.94. The van der Waals surface area contributed by atoms with Crippen molar-refractivity contribution in [2.24, 2.45) is 0 Å². The molecule has 0 saturated carbocycles. The van der Waals surface area contributed by atoms with Crippen molar-refractivity contribution in [3.63, 3.8) is 0 Å². The van der Waals surface area contributed by atoms with Gasteiger partial charge in [-0.25, -0.2) is 9.59 Å². The molecule has 47 heavy (non-hydrogen) atoms. The van der Waals surface area contributed by atoms with Gasteiger partial charge in [0.1, 0.15) is 42.2 Å². The van der Waals surface area contributed by atoms with E-state index in [1.165, 1.54) is 30.3 Å². The van der Waals surface area contributed by atoms with Gasteiger partial charge in [0.15, 0.2) is 29.5 Å². The lowest BCUT2D eigenvalue weighted by Crippen LogP contribution is -2.61. The van der Waals surface area contributed by atoms with Crippen LogP contribution in [0.1, 0.15) is 6.92 Å². The lowest BCUT2D eigenvalue weighted by molar-refractivity contribution is -0.271. The molecule has 3 heterocycles. The maximum Gasteiger partial charge on any atom is 0.335 e. The Kier molecular flexibility index (Phi) is 9.48. The summed E-state index contributed by atoms with van der Waals surface area (Å²) in [5.74, 6) is -6.08. The Bertz CT molecular complexity index is 1740. The van der Waals surface area contributed by atoms with Gasteiger partial charge in [-0.05, 0) is 30.3 Å². The number of aliphatic hydroxyl groups is 6. The number of para-hydroxylation sites is 1. The molecule has 0 amide bonds. The second-order valence-corrected chi connectivity index (χ2v) is 10.5. The van der Waals surface area contributed by atoms with Crippen LogP contribution >= 0.6 is 0 Å². The summed E-state index contributed by atoms with van der Waals surface area (Å²) in [4.78, 5) is 48.7. The van der Waals surface area contributed by atoms with Crippen molar-refractivity contribution < 1.29 is 83.3 Å². The predicted molar refractivity (Wildman–Crippen MR) is 149 cm³/mol. The molecule has 0 unspecified atom stereocenters. The first-order valence-corrected chi connectivity index (χ1v) is 13.8. The van der Waals surface area contributed by atoms with Gasteiger partial charge in [0, 0.05) is 12.5 Å². The van der Waals surface area contributed by atoms with Crippen molar-refractivity contribution in [2.75, 3.05) is 0 Å². The highest BCUT2D eigenvalue weighted by Gasteiger charge is 2.50. The number of rotatable bonds is 8. The van der Waals surface area contributed by atoms with Crippen LogP contribution in [0.2, 0.25) is 0 Å². The van der Waals surface area contributed by atoms with Gasteiger partial charge in [-0.1, -0.05) is 12.1 Å². The van der Waals surface area contributed by atoms with Gasteiger partial charge in [-0.3, -0.25) is 9.59 Å². The number of hydrogen-bond acceptors (Lipinski definition) is 16. The van der Waals surface area contributed by atoms with E-state index in [1.807, 2.05) is 0 Å². The molecule has 2 aromatic carbocycles. The predicted octanol–water partition coefficient (Wildman–Crippen LogP) is -2.07. The monoisotopic (exact) mass is 664 g/mol. The van der Waals surface area contributed by atoms with Crippen molar-refractivity contribution in [2.45, 2.75) is 68.3 Å². The molecule has 3 aromatic rings. The van der Waals surface area contributed by atoms with Crippen molar-refractivity contribution in [3.8, 4) is 28.6 Å². The Morgan fingerprint density at radius 1 is 0.702 bits per heavy atom. The van der Waals surface area contributed by atoms with Gasteiger partial charge in [-0.2, -0.15) is 0 Å². The molecule has 2 aliphatic heterocycles. The van der Waals surface area contributed by atoms with Crippen LogP contribution in [0.5, 0.6) is 17.2 Å². The summed E-state index contributed by atoms with van der Waals surface area (Å²) in [6.45, 7) is 1.05. The molecule has 0 radical (unpaired) electrons. The largest absolute Gasteiger partial charge is 0.479 e. The van der Waals surface area contributed by atoms with Crippen LogP contribution in [0.3, 0.4) is 0 Å². The molecule has 8 N–H and O–H groups in total. The highest BCUT2D eigenvalue weighted by Crippen LogP contribution is 2.39. The van der Waals surface area contributed by atoms with Gasteiger partial charge in [0.25, 0.3) is 0 Å². The third-order valence-corrected chi connectivity index (χ3v) is 7.32. The number of carbonyl (C=O) groups is 3.